The summed E-state index contributed by atoms with van der Waals surface area (Å²) in [5.41, 5.74) is 2.18. The van der Waals surface area contributed by atoms with Crippen LogP contribution in [0.2, 0.25) is 0 Å². The lowest BCUT2D eigenvalue weighted by molar-refractivity contribution is 0.208. The van der Waals surface area contributed by atoms with Gasteiger partial charge in [-0.3, -0.25) is 4.99 Å². The molecule has 0 amide bonds. The van der Waals surface area contributed by atoms with Crippen LogP contribution in [0.25, 0.3) is 0 Å². The lowest BCUT2D eigenvalue weighted by Crippen LogP contribution is -2.48. The molecular formula is C17H31IN4O. The number of aliphatic imine (C=N–C) groups is 1. The number of guanidine groups is 1. The van der Waals surface area contributed by atoms with Crippen LogP contribution in [0.3, 0.4) is 0 Å². The van der Waals surface area contributed by atoms with Gasteiger partial charge >= 0.3 is 0 Å². The Kier molecular flexibility index (Phi) is 8.36. The molecule has 23 heavy (non-hydrogen) atoms. The summed E-state index contributed by atoms with van der Waals surface area (Å²) in [5.74, 6) is 3.43. The topological polar surface area (TPSA) is 53.7 Å². The Balaban J connectivity index is 0.00000264. The smallest absolute Gasteiger partial charge is 0.193 e. The number of aromatic nitrogens is 1. The molecule has 6 heteroatoms. The van der Waals surface area contributed by atoms with Gasteiger partial charge in [0.1, 0.15) is 5.76 Å². The molecule has 2 heterocycles. The fraction of sp³-hybridized carbons (Fsp3) is 0.765. The molecule has 1 saturated heterocycles. The van der Waals surface area contributed by atoms with Crippen LogP contribution < -0.4 is 5.32 Å². The minimum Gasteiger partial charge on any atom is -0.361 e. The van der Waals surface area contributed by atoms with Gasteiger partial charge in [0, 0.05) is 31.7 Å². The van der Waals surface area contributed by atoms with E-state index >= 15 is 0 Å². The molecule has 1 aliphatic heterocycles. The fourth-order valence-corrected chi connectivity index (χ4v) is 3.39. The summed E-state index contributed by atoms with van der Waals surface area (Å²) in [7, 11) is 0. The van der Waals surface area contributed by atoms with Gasteiger partial charge in [0.25, 0.3) is 0 Å². The molecule has 1 N–H and O–H groups in total. The first-order chi connectivity index (χ1) is 10.5. The summed E-state index contributed by atoms with van der Waals surface area (Å²) in [6.45, 7) is 14.6. The van der Waals surface area contributed by atoms with E-state index in [0.29, 0.717) is 0 Å². The predicted molar refractivity (Wildman–Crippen MR) is 106 cm³/mol. The van der Waals surface area contributed by atoms with Gasteiger partial charge in [-0.2, -0.15) is 0 Å². The number of aryl methyl sites for hydroxylation is 2. The average Bonchev–Trinajstić information content (AvgIpc) is 2.77. The summed E-state index contributed by atoms with van der Waals surface area (Å²) in [6, 6.07) is 0. The third-order valence-corrected chi connectivity index (χ3v) is 4.31. The third-order valence-electron chi connectivity index (χ3n) is 4.31. The molecule has 0 aromatic carbocycles. The fourth-order valence-electron chi connectivity index (χ4n) is 3.39. The van der Waals surface area contributed by atoms with E-state index in [1.807, 2.05) is 13.8 Å². The maximum Gasteiger partial charge on any atom is 0.193 e. The second-order valence-electron chi connectivity index (χ2n) is 6.64. The summed E-state index contributed by atoms with van der Waals surface area (Å²) < 4.78 is 5.22. The van der Waals surface area contributed by atoms with Crippen LogP contribution in [-0.2, 0) is 6.42 Å². The molecular weight excluding hydrogens is 403 g/mol. The van der Waals surface area contributed by atoms with Crippen LogP contribution in [0, 0.1) is 25.7 Å². The zero-order valence-corrected chi connectivity index (χ0v) is 17.4. The van der Waals surface area contributed by atoms with Gasteiger partial charge < -0.3 is 14.7 Å². The van der Waals surface area contributed by atoms with Crippen LogP contribution in [-0.4, -0.2) is 42.2 Å². The van der Waals surface area contributed by atoms with Crippen molar-refractivity contribution in [1.82, 2.24) is 15.4 Å². The van der Waals surface area contributed by atoms with Crippen LogP contribution >= 0.6 is 24.0 Å². The molecule has 0 bridgehead atoms. The Hall–Kier alpha value is -0.790. The number of rotatable bonds is 4. The van der Waals surface area contributed by atoms with Gasteiger partial charge in [-0.1, -0.05) is 19.0 Å². The standard InChI is InChI=1S/C17H30N4O.HI/c1-6-18-17(21-10-12(2)9-13(3)11-21)19-8-7-16-14(4)20-22-15(16)5;/h12-13H,6-11H2,1-5H3,(H,18,19);1H. The zero-order chi connectivity index (χ0) is 16.1. The highest BCUT2D eigenvalue weighted by Crippen LogP contribution is 2.21. The molecule has 0 saturated carbocycles. The molecule has 1 aliphatic rings. The van der Waals surface area contributed by atoms with Crippen molar-refractivity contribution in [2.75, 3.05) is 26.2 Å². The van der Waals surface area contributed by atoms with Crippen LogP contribution in [0.4, 0.5) is 0 Å². The largest absolute Gasteiger partial charge is 0.361 e. The van der Waals surface area contributed by atoms with Crippen LogP contribution in [0.1, 0.15) is 44.2 Å². The zero-order valence-electron chi connectivity index (χ0n) is 15.1. The molecule has 1 aromatic heterocycles. The van der Waals surface area contributed by atoms with Crippen molar-refractivity contribution in [3.63, 3.8) is 0 Å². The second kappa shape index (κ2) is 9.49. The first-order valence-corrected chi connectivity index (χ1v) is 8.46. The Morgan fingerprint density at radius 2 is 1.96 bits per heavy atom. The van der Waals surface area contributed by atoms with E-state index in [1.54, 1.807) is 0 Å². The van der Waals surface area contributed by atoms with E-state index in [0.717, 1.165) is 61.8 Å². The Labute approximate surface area is 157 Å². The summed E-state index contributed by atoms with van der Waals surface area (Å²) in [4.78, 5) is 7.24. The van der Waals surface area contributed by atoms with E-state index in [2.05, 4.69) is 36.1 Å². The first kappa shape index (κ1) is 20.3. The van der Waals surface area contributed by atoms with Crippen LogP contribution in [0.15, 0.2) is 9.52 Å². The van der Waals surface area contributed by atoms with E-state index in [1.165, 1.54) is 12.0 Å². The maximum absolute atomic E-state index is 5.22. The number of piperidine rings is 1. The van der Waals surface area contributed by atoms with Gasteiger partial charge in [-0.15, -0.1) is 24.0 Å². The normalized spacial score (nSPS) is 22.0. The van der Waals surface area contributed by atoms with Crippen molar-refractivity contribution in [2.45, 2.75) is 47.5 Å². The Morgan fingerprint density at radius 1 is 1.30 bits per heavy atom. The molecule has 1 fully saturated rings. The Bertz CT molecular complexity index is 485. The lowest BCUT2D eigenvalue weighted by atomic mass is 9.92. The minimum atomic E-state index is 0. The number of nitrogens with zero attached hydrogens (tertiary/aromatic N) is 3. The van der Waals surface area contributed by atoms with Gasteiger partial charge in [0.2, 0.25) is 0 Å². The molecule has 0 aliphatic carbocycles. The molecule has 0 radical (unpaired) electrons. The van der Waals surface area contributed by atoms with Crippen molar-refractivity contribution in [1.29, 1.82) is 0 Å². The van der Waals surface area contributed by atoms with Gasteiger partial charge in [-0.25, -0.2) is 0 Å². The van der Waals surface area contributed by atoms with Crippen LogP contribution in [0.5, 0.6) is 0 Å². The van der Waals surface area contributed by atoms with Gasteiger partial charge in [-0.05, 0) is 45.4 Å². The van der Waals surface area contributed by atoms with Crippen molar-refractivity contribution in [3.8, 4) is 0 Å². The van der Waals surface area contributed by atoms with E-state index < -0.39 is 0 Å². The van der Waals surface area contributed by atoms with Gasteiger partial charge in [0.15, 0.2) is 5.96 Å². The highest BCUT2D eigenvalue weighted by Gasteiger charge is 2.23. The number of hydrogen-bond donors (Lipinski definition) is 1. The van der Waals surface area contributed by atoms with Gasteiger partial charge in [0.05, 0.1) is 5.69 Å². The quantitative estimate of drug-likeness (QED) is 0.449. The number of nitrogens with one attached hydrogen (secondary N) is 1. The highest BCUT2D eigenvalue weighted by molar-refractivity contribution is 14.0. The van der Waals surface area contributed by atoms with Crippen molar-refractivity contribution in [3.05, 3.63) is 17.0 Å². The predicted octanol–water partition coefficient (Wildman–Crippen LogP) is 3.40. The highest BCUT2D eigenvalue weighted by atomic mass is 127. The number of likely N-dealkylation sites (tertiary alicyclic amines) is 1. The van der Waals surface area contributed by atoms with Crippen molar-refractivity contribution < 1.29 is 4.52 Å². The minimum absolute atomic E-state index is 0. The summed E-state index contributed by atoms with van der Waals surface area (Å²) in [6.07, 6.45) is 2.20. The third kappa shape index (κ3) is 5.65. The number of hydrogen-bond acceptors (Lipinski definition) is 3. The SMILES string of the molecule is CCNC(=NCCc1c(C)noc1C)N1CC(C)CC(C)C1.I. The molecule has 1 aromatic rings. The first-order valence-electron chi connectivity index (χ1n) is 8.46. The monoisotopic (exact) mass is 434 g/mol. The molecule has 2 rings (SSSR count). The van der Waals surface area contributed by atoms with Crippen molar-refractivity contribution >= 4 is 29.9 Å². The van der Waals surface area contributed by atoms with Crippen molar-refractivity contribution in [2.24, 2.45) is 16.8 Å². The van der Waals surface area contributed by atoms with E-state index in [-0.39, 0.29) is 24.0 Å². The molecule has 5 nitrogen and oxygen atoms in total. The van der Waals surface area contributed by atoms with E-state index in [4.69, 9.17) is 9.52 Å². The average molecular weight is 434 g/mol. The second-order valence-corrected chi connectivity index (χ2v) is 6.64. The lowest BCUT2D eigenvalue weighted by Gasteiger charge is -2.37. The molecule has 0 spiro atoms. The summed E-state index contributed by atoms with van der Waals surface area (Å²) in [5, 5.41) is 7.45. The number of halogens is 1. The Morgan fingerprint density at radius 3 is 2.48 bits per heavy atom. The molecule has 132 valence electrons. The van der Waals surface area contributed by atoms with E-state index in [9.17, 15) is 0 Å². The molecule has 2 atom stereocenters. The maximum atomic E-state index is 5.22. The summed E-state index contributed by atoms with van der Waals surface area (Å²) >= 11 is 0. The molecule has 2 unspecified atom stereocenters.